The molecule has 0 N–H and O–H groups in total. The summed E-state index contributed by atoms with van der Waals surface area (Å²) in [7, 11) is 0. The Bertz CT molecular complexity index is 571. The number of carbonyl (C=O) groups excluding carboxylic acids is 1. The van der Waals surface area contributed by atoms with E-state index < -0.39 is 0 Å². The molecule has 6 nitrogen and oxygen atoms in total. The van der Waals surface area contributed by atoms with Gasteiger partial charge in [0.15, 0.2) is 0 Å². The van der Waals surface area contributed by atoms with Crippen LogP contribution in [0.5, 0.6) is 0 Å². The van der Waals surface area contributed by atoms with Crippen molar-refractivity contribution in [2.24, 2.45) is 11.3 Å². The second kappa shape index (κ2) is 7.21. The first kappa shape index (κ1) is 17.4. The quantitative estimate of drug-likeness (QED) is 0.828. The van der Waals surface area contributed by atoms with E-state index in [9.17, 15) is 4.79 Å². The molecule has 3 rings (SSSR count). The van der Waals surface area contributed by atoms with Crippen LogP contribution in [0.15, 0.2) is 4.42 Å². The van der Waals surface area contributed by atoms with Gasteiger partial charge in [-0.1, -0.05) is 13.8 Å². The van der Waals surface area contributed by atoms with Crippen LogP contribution in [0, 0.1) is 18.3 Å². The SMILES string of the molecule is Cc1nnc(CN2CCC[C@]3(CCC(=O)N(CCC(C)C)C3)C2)o1. The van der Waals surface area contributed by atoms with E-state index in [2.05, 4.69) is 33.8 Å². The van der Waals surface area contributed by atoms with Crippen molar-refractivity contribution in [3.8, 4) is 0 Å². The van der Waals surface area contributed by atoms with E-state index in [-0.39, 0.29) is 5.41 Å². The lowest BCUT2D eigenvalue weighted by Crippen LogP contribution is -2.54. The van der Waals surface area contributed by atoms with E-state index in [1.54, 1.807) is 0 Å². The summed E-state index contributed by atoms with van der Waals surface area (Å²) < 4.78 is 5.54. The summed E-state index contributed by atoms with van der Waals surface area (Å²) in [4.78, 5) is 16.8. The Morgan fingerprint density at radius 3 is 2.79 bits per heavy atom. The molecule has 2 saturated heterocycles. The minimum Gasteiger partial charge on any atom is -0.424 e. The van der Waals surface area contributed by atoms with Gasteiger partial charge in [0, 0.05) is 38.4 Å². The maximum absolute atomic E-state index is 12.3. The molecule has 1 aromatic rings. The number of rotatable bonds is 5. The third-order valence-corrected chi connectivity index (χ3v) is 5.39. The molecular weight excluding hydrogens is 304 g/mol. The highest BCUT2D eigenvalue weighted by Gasteiger charge is 2.41. The van der Waals surface area contributed by atoms with E-state index in [0.29, 0.717) is 30.0 Å². The topological polar surface area (TPSA) is 62.5 Å². The van der Waals surface area contributed by atoms with Crippen molar-refractivity contribution in [1.82, 2.24) is 20.0 Å². The predicted octanol–water partition coefficient (Wildman–Crippen LogP) is 2.63. The summed E-state index contributed by atoms with van der Waals surface area (Å²) in [6.45, 7) is 10.9. The summed E-state index contributed by atoms with van der Waals surface area (Å²) in [5.41, 5.74) is 0.248. The highest BCUT2D eigenvalue weighted by Crippen LogP contribution is 2.39. The van der Waals surface area contributed by atoms with Crippen LogP contribution in [0.4, 0.5) is 0 Å². The van der Waals surface area contributed by atoms with Crippen molar-refractivity contribution in [2.45, 2.75) is 59.4 Å². The smallest absolute Gasteiger partial charge is 0.230 e. The lowest BCUT2D eigenvalue weighted by atomic mass is 9.73. The van der Waals surface area contributed by atoms with Gasteiger partial charge in [0.2, 0.25) is 17.7 Å². The number of piperidine rings is 2. The van der Waals surface area contributed by atoms with E-state index in [1.165, 1.54) is 12.8 Å². The molecule has 2 aliphatic heterocycles. The summed E-state index contributed by atoms with van der Waals surface area (Å²) >= 11 is 0. The Morgan fingerprint density at radius 1 is 1.25 bits per heavy atom. The monoisotopic (exact) mass is 334 g/mol. The number of hydrogen-bond acceptors (Lipinski definition) is 5. The molecule has 0 unspecified atom stereocenters. The van der Waals surface area contributed by atoms with Crippen molar-refractivity contribution < 1.29 is 9.21 Å². The fourth-order valence-corrected chi connectivity index (χ4v) is 4.09. The third-order valence-electron chi connectivity index (χ3n) is 5.39. The lowest BCUT2D eigenvalue weighted by Gasteiger charge is -2.48. The zero-order valence-corrected chi connectivity index (χ0v) is 15.3. The third kappa shape index (κ3) is 4.15. The molecule has 0 bridgehead atoms. The van der Waals surface area contributed by atoms with E-state index in [1.807, 2.05) is 6.92 Å². The van der Waals surface area contributed by atoms with Crippen molar-refractivity contribution in [2.75, 3.05) is 26.2 Å². The molecule has 0 radical (unpaired) electrons. The van der Waals surface area contributed by atoms with Gasteiger partial charge >= 0.3 is 0 Å². The average Bonchev–Trinajstić information content (AvgIpc) is 2.94. The molecule has 1 amide bonds. The van der Waals surface area contributed by atoms with Gasteiger partial charge < -0.3 is 9.32 Å². The molecule has 24 heavy (non-hydrogen) atoms. The number of hydrogen-bond donors (Lipinski definition) is 0. The highest BCUT2D eigenvalue weighted by molar-refractivity contribution is 5.77. The molecule has 2 aliphatic rings. The number of aryl methyl sites for hydroxylation is 1. The van der Waals surface area contributed by atoms with Gasteiger partial charge in [-0.2, -0.15) is 0 Å². The molecule has 2 fully saturated rings. The van der Waals surface area contributed by atoms with Crippen LogP contribution < -0.4 is 0 Å². The molecular formula is C18H30N4O2. The molecule has 0 aromatic carbocycles. The van der Waals surface area contributed by atoms with Crippen LogP contribution in [-0.4, -0.2) is 52.1 Å². The fraction of sp³-hybridized carbons (Fsp3) is 0.833. The molecule has 1 aromatic heterocycles. The normalized spacial score (nSPS) is 25.8. The minimum atomic E-state index is 0.248. The maximum atomic E-state index is 12.3. The fourth-order valence-electron chi connectivity index (χ4n) is 4.09. The molecule has 1 spiro atoms. The largest absolute Gasteiger partial charge is 0.424 e. The van der Waals surface area contributed by atoms with Crippen LogP contribution in [0.25, 0.3) is 0 Å². The molecule has 6 heteroatoms. The highest BCUT2D eigenvalue weighted by atomic mass is 16.4. The van der Waals surface area contributed by atoms with Gasteiger partial charge in [-0.3, -0.25) is 9.69 Å². The van der Waals surface area contributed by atoms with Crippen LogP contribution in [-0.2, 0) is 11.3 Å². The van der Waals surface area contributed by atoms with Gasteiger partial charge in [0.05, 0.1) is 6.54 Å². The molecule has 134 valence electrons. The van der Waals surface area contributed by atoms with E-state index >= 15 is 0 Å². The Labute approximate surface area is 144 Å². The van der Waals surface area contributed by atoms with Crippen LogP contribution in [0.3, 0.4) is 0 Å². The zero-order valence-electron chi connectivity index (χ0n) is 15.3. The van der Waals surface area contributed by atoms with Crippen molar-refractivity contribution in [3.63, 3.8) is 0 Å². The summed E-state index contributed by atoms with van der Waals surface area (Å²) in [6, 6.07) is 0. The van der Waals surface area contributed by atoms with E-state index in [0.717, 1.165) is 45.6 Å². The molecule has 1 atom stereocenters. The number of nitrogens with zero attached hydrogens (tertiary/aromatic N) is 4. The molecule has 0 saturated carbocycles. The van der Waals surface area contributed by atoms with Gasteiger partial charge in [0.25, 0.3) is 0 Å². The number of likely N-dealkylation sites (tertiary alicyclic amines) is 2. The predicted molar refractivity (Wildman–Crippen MR) is 91.2 cm³/mol. The first-order valence-corrected chi connectivity index (χ1v) is 9.25. The van der Waals surface area contributed by atoms with Crippen molar-refractivity contribution in [1.29, 1.82) is 0 Å². The minimum absolute atomic E-state index is 0.248. The summed E-state index contributed by atoms with van der Waals surface area (Å²) in [6.07, 6.45) is 5.21. The summed E-state index contributed by atoms with van der Waals surface area (Å²) in [5.74, 6) is 2.30. The van der Waals surface area contributed by atoms with Gasteiger partial charge in [-0.25, -0.2) is 0 Å². The van der Waals surface area contributed by atoms with Gasteiger partial charge in [0.1, 0.15) is 0 Å². The Balaban J connectivity index is 1.62. The molecule has 0 aliphatic carbocycles. The van der Waals surface area contributed by atoms with Gasteiger partial charge in [-0.15, -0.1) is 10.2 Å². The lowest BCUT2D eigenvalue weighted by molar-refractivity contribution is -0.139. The van der Waals surface area contributed by atoms with E-state index in [4.69, 9.17) is 4.42 Å². The Hall–Kier alpha value is -1.43. The van der Waals surface area contributed by atoms with Crippen LogP contribution in [0.2, 0.25) is 0 Å². The number of carbonyl (C=O) groups is 1. The second-order valence-electron chi connectivity index (χ2n) is 8.03. The Morgan fingerprint density at radius 2 is 2.08 bits per heavy atom. The van der Waals surface area contributed by atoms with Crippen molar-refractivity contribution >= 4 is 5.91 Å². The number of aromatic nitrogens is 2. The number of amides is 1. The van der Waals surface area contributed by atoms with Crippen LogP contribution in [0.1, 0.15) is 57.7 Å². The standard InChI is InChI=1S/C18H30N4O2/c1-14(2)6-10-22-13-18(8-5-17(22)23)7-4-9-21(12-18)11-16-20-19-15(3)24-16/h14H,4-13H2,1-3H3/t18-/m0/s1. The average molecular weight is 334 g/mol. The first-order chi connectivity index (χ1) is 11.5. The van der Waals surface area contributed by atoms with Crippen molar-refractivity contribution in [3.05, 3.63) is 11.8 Å². The molecule has 3 heterocycles. The Kier molecular flexibility index (Phi) is 5.23. The van der Waals surface area contributed by atoms with Crippen LogP contribution >= 0.6 is 0 Å². The second-order valence-corrected chi connectivity index (χ2v) is 8.03. The van der Waals surface area contributed by atoms with Gasteiger partial charge in [-0.05, 0) is 38.1 Å². The zero-order chi connectivity index (χ0) is 17.2. The first-order valence-electron chi connectivity index (χ1n) is 9.25. The summed E-state index contributed by atoms with van der Waals surface area (Å²) in [5, 5.41) is 8.05. The maximum Gasteiger partial charge on any atom is 0.230 e.